The van der Waals surface area contributed by atoms with Crippen LogP contribution in [-0.4, -0.2) is 23.1 Å². The van der Waals surface area contributed by atoms with E-state index in [4.69, 9.17) is 14.2 Å². The lowest BCUT2D eigenvalue weighted by atomic mass is 9.91. The number of carbonyl (C=O) groups is 2. The van der Waals surface area contributed by atoms with E-state index in [2.05, 4.69) is 47.8 Å². The molecule has 272 valence electrons. The first-order valence-corrected chi connectivity index (χ1v) is 19.8. The van der Waals surface area contributed by atoms with Crippen LogP contribution < -0.4 is 14.2 Å². The lowest BCUT2D eigenvalue weighted by Gasteiger charge is -2.22. The minimum Gasteiger partial charge on any atom is -0.507 e. The Labute approximate surface area is 339 Å². The maximum atomic E-state index is 13.8. The van der Waals surface area contributed by atoms with Crippen LogP contribution in [0.15, 0.2) is 129 Å². The van der Waals surface area contributed by atoms with E-state index >= 15 is 0 Å². The molecule has 8 bridgehead atoms. The Morgan fingerprint density at radius 2 is 0.852 bits per heavy atom. The van der Waals surface area contributed by atoms with Crippen molar-refractivity contribution in [3.8, 4) is 23.0 Å². The molecule has 6 nitrogen and oxygen atoms in total. The molecule has 0 atom stereocenters. The number of aromatic hydroxyl groups is 1. The number of fused-ring (bicyclic) bond motifs is 8. The number of ether oxygens (including phenoxy) is 3. The molecule has 7 rings (SSSR count). The summed E-state index contributed by atoms with van der Waals surface area (Å²) in [5, 5.41) is 11.9. The molecule has 0 saturated carbocycles. The minimum absolute atomic E-state index is 0.129. The fourth-order valence-corrected chi connectivity index (χ4v) is 8.43. The quantitative estimate of drug-likeness (QED) is 0.132. The number of halogens is 3. The molecular weight excluding hydrogens is 876 g/mol. The smallest absolute Gasteiger partial charge is 0.343 e. The van der Waals surface area contributed by atoms with Crippen molar-refractivity contribution in [3.63, 3.8) is 0 Å². The molecule has 0 amide bonds. The van der Waals surface area contributed by atoms with Gasteiger partial charge in [0.05, 0.1) is 17.2 Å². The van der Waals surface area contributed by atoms with Gasteiger partial charge in [-0.3, -0.25) is 0 Å². The molecule has 6 aromatic carbocycles. The zero-order valence-corrected chi connectivity index (χ0v) is 34.3. The van der Waals surface area contributed by atoms with Crippen LogP contribution in [0.4, 0.5) is 0 Å². The first-order valence-electron chi connectivity index (χ1n) is 17.5. The number of carbonyl (C=O) groups excluding carboxylic acids is 2. The third-order valence-corrected chi connectivity index (χ3v) is 10.5. The van der Waals surface area contributed by atoms with Gasteiger partial charge < -0.3 is 19.3 Å². The normalized spacial score (nSPS) is 12.3. The summed E-state index contributed by atoms with van der Waals surface area (Å²) in [5.74, 6) is 0.626. The van der Waals surface area contributed by atoms with E-state index in [1.165, 1.54) is 0 Å². The number of rotatable bonds is 6. The zero-order chi connectivity index (χ0) is 37.9. The van der Waals surface area contributed by atoms with Gasteiger partial charge in [0.1, 0.15) is 23.0 Å². The van der Waals surface area contributed by atoms with Gasteiger partial charge in [-0.25, -0.2) is 9.59 Å². The van der Waals surface area contributed by atoms with E-state index in [-0.39, 0.29) is 24.7 Å². The summed E-state index contributed by atoms with van der Waals surface area (Å²) >= 11 is 11.2. The molecule has 1 aliphatic rings. The van der Waals surface area contributed by atoms with Crippen LogP contribution in [0.1, 0.15) is 79.1 Å². The number of hydrogen-bond acceptors (Lipinski definition) is 6. The highest BCUT2D eigenvalue weighted by molar-refractivity contribution is 9.11. The van der Waals surface area contributed by atoms with E-state index in [1.54, 1.807) is 48.5 Å². The summed E-state index contributed by atoms with van der Waals surface area (Å²) in [6, 6.07) is 35.2. The van der Waals surface area contributed by atoms with Gasteiger partial charge in [-0.05, 0) is 96.8 Å². The van der Waals surface area contributed by atoms with Crippen LogP contribution in [0, 0.1) is 0 Å². The molecular formula is C45H35Br3O6. The third-order valence-electron chi connectivity index (χ3n) is 9.11. The zero-order valence-electron chi connectivity index (χ0n) is 29.5. The first kappa shape index (κ1) is 37.6. The van der Waals surface area contributed by atoms with E-state index in [9.17, 15) is 14.7 Å². The summed E-state index contributed by atoms with van der Waals surface area (Å²) in [6.07, 6.45) is 1.11. The molecule has 0 radical (unpaired) electrons. The Hall–Kier alpha value is -4.70. The number of phenols is 1. The summed E-state index contributed by atoms with van der Waals surface area (Å²) in [5.41, 5.74) is 6.78. The summed E-state index contributed by atoms with van der Waals surface area (Å²) in [4.78, 5) is 27.5. The van der Waals surface area contributed by atoms with Crippen molar-refractivity contribution < 1.29 is 28.9 Å². The number of benzene rings is 6. The van der Waals surface area contributed by atoms with Gasteiger partial charge in [-0.15, -0.1) is 0 Å². The summed E-state index contributed by atoms with van der Waals surface area (Å²) in [7, 11) is 0. The molecule has 9 heteroatoms. The topological polar surface area (TPSA) is 82.1 Å². The Kier molecular flexibility index (Phi) is 11.4. The predicted octanol–water partition coefficient (Wildman–Crippen LogP) is 11.6. The van der Waals surface area contributed by atoms with Crippen molar-refractivity contribution in [3.05, 3.63) is 184 Å². The van der Waals surface area contributed by atoms with Crippen LogP contribution in [0.2, 0.25) is 0 Å². The van der Waals surface area contributed by atoms with Gasteiger partial charge >= 0.3 is 11.9 Å². The van der Waals surface area contributed by atoms with Crippen molar-refractivity contribution in [2.45, 2.75) is 45.6 Å². The molecule has 0 aromatic heterocycles. The molecule has 1 N–H and O–H groups in total. The highest BCUT2D eigenvalue weighted by Gasteiger charge is 2.25. The van der Waals surface area contributed by atoms with E-state index in [1.807, 2.05) is 80.6 Å². The Morgan fingerprint density at radius 1 is 0.500 bits per heavy atom. The van der Waals surface area contributed by atoms with Crippen molar-refractivity contribution in [2.75, 3.05) is 0 Å². The Balaban J connectivity index is 1.48. The van der Waals surface area contributed by atoms with Gasteiger partial charge in [0.2, 0.25) is 0 Å². The second kappa shape index (κ2) is 16.3. The van der Waals surface area contributed by atoms with Crippen molar-refractivity contribution in [1.29, 1.82) is 0 Å². The van der Waals surface area contributed by atoms with Crippen LogP contribution in [-0.2, 0) is 25.7 Å². The van der Waals surface area contributed by atoms with Gasteiger partial charge in [-0.1, -0.05) is 102 Å². The first-order chi connectivity index (χ1) is 26.0. The average Bonchev–Trinajstić information content (AvgIpc) is 3.14. The monoisotopic (exact) mass is 908 g/mol. The second-order valence-corrected chi connectivity index (χ2v) is 16.2. The SMILES string of the molecule is CC(C)Oc1c2cccc1Cc1cc(Br)cc(c1OC(=O)c1ccccc1)Cc1cc(Br)cc(c1OC(=O)c1ccccc1)Cc1cc(Br)cc(c1O)C2. The molecule has 54 heavy (non-hydrogen) atoms. The molecule has 0 unspecified atom stereocenters. The highest BCUT2D eigenvalue weighted by atomic mass is 79.9. The predicted molar refractivity (Wildman–Crippen MR) is 220 cm³/mol. The standard InChI is InChI=1S/C45H35Br3O6/c1-26(2)52-41-29-14-9-15-30(41)17-33-22-38(47)24-35(42(33)53-44(50)27-10-5-3-6-11-27)19-36-25-39(48)23-34(18-32-21-37(46)20-31(16-29)40(32)49)43(36)54-45(51)28-12-7-4-8-13-28/h3-15,20-26,49H,16-19H2,1-2H3. The molecule has 0 fully saturated rings. The molecule has 0 saturated heterocycles. The molecule has 6 aromatic rings. The fourth-order valence-electron chi connectivity index (χ4n) is 6.77. The largest absolute Gasteiger partial charge is 0.507 e. The van der Waals surface area contributed by atoms with Crippen LogP contribution >= 0.6 is 47.8 Å². The van der Waals surface area contributed by atoms with E-state index in [0.717, 1.165) is 30.1 Å². The number of hydrogen-bond donors (Lipinski definition) is 1. The van der Waals surface area contributed by atoms with E-state index in [0.29, 0.717) is 69.0 Å². The van der Waals surface area contributed by atoms with E-state index < -0.39 is 11.9 Å². The van der Waals surface area contributed by atoms with Crippen LogP contribution in [0.25, 0.3) is 0 Å². The maximum Gasteiger partial charge on any atom is 0.343 e. The fraction of sp³-hybridized carbons (Fsp3) is 0.156. The summed E-state index contributed by atoms with van der Waals surface area (Å²) < 4.78 is 21.5. The van der Waals surface area contributed by atoms with Crippen LogP contribution in [0.3, 0.4) is 0 Å². The number of esters is 2. The van der Waals surface area contributed by atoms with Crippen molar-refractivity contribution in [2.24, 2.45) is 0 Å². The number of para-hydroxylation sites is 1. The van der Waals surface area contributed by atoms with Gasteiger partial charge in [0.25, 0.3) is 0 Å². The van der Waals surface area contributed by atoms with Gasteiger partial charge in [0, 0.05) is 61.4 Å². The van der Waals surface area contributed by atoms with Gasteiger partial charge in [-0.2, -0.15) is 0 Å². The second-order valence-electron chi connectivity index (χ2n) is 13.5. The number of phenolic OH excluding ortho intramolecular Hbond substituents is 1. The minimum atomic E-state index is -0.518. The maximum absolute atomic E-state index is 13.8. The van der Waals surface area contributed by atoms with Gasteiger partial charge in [0.15, 0.2) is 0 Å². The Morgan fingerprint density at radius 3 is 1.26 bits per heavy atom. The third kappa shape index (κ3) is 8.49. The molecule has 0 heterocycles. The van der Waals surface area contributed by atoms with Crippen molar-refractivity contribution >= 4 is 59.7 Å². The lowest BCUT2D eigenvalue weighted by Crippen LogP contribution is -2.15. The molecule has 1 aliphatic carbocycles. The molecule has 0 aliphatic heterocycles. The summed E-state index contributed by atoms with van der Waals surface area (Å²) in [6.45, 7) is 3.97. The highest BCUT2D eigenvalue weighted by Crippen LogP contribution is 2.42. The average molecular weight is 911 g/mol. The van der Waals surface area contributed by atoms with Crippen LogP contribution in [0.5, 0.6) is 23.0 Å². The lowest BCUT2D eigenvalue weighted by molar-refractivity contribution is 0.0724. The Bertz CT molecular complexity index is 2370. The molecule has 0 spiro atoms. The van der Waals surface area contributed by atoms with Crippen molar-refractivity contribution in [1.82, 2.24) is 0 Å².